The fraction of sp³-hybridized carbons (Fsp3) is 0. The van der Waals surface area contributed by atoms with Crippen molar-refractivity contribution in [2.24, 2.45) is 0 Å². The van der Waals surface area contributed by atoms with Crippen LogP contribution in [0.4, 0.5) is 0 Å². The summed E-state index contributed by atoms with van der Waals surface area (Å²) in [4.78, 5) is 11.2. The van der Waals surface area contributed by atoms with Gasteiger partial charge in [0.15, 0.2) is 0 Å². The Hall–Kier alpha value is -0.570. The van der Waals surface area contributed by atoms with Crippen LogP contribution in [0.25, 0.3) is 0 Å². The summed E-state index contributed by atoms with van der Waals surface area (Å²) in [7, 11) is 0. The summed E-state index contributed by atoms with van der Waals surface area (Å²) in [5.74, 6) is 0. The van der Waals surface area contributed by atoms with Gasteiger partial charge in [-0.3, -0.25) is 9.68 Å². The first kappa shape index (κ1) is 3.43. The molecular weight excluding hydrogens is 62.0 g/mol. The van der Waals surface area contributed by atoms with Crippen LogP contribution in [0.3, 0.4) is 0 Å². The van der Waals surface area contributed by atoms with Gasteiger partial charge in [0.05, 0.1) is 0 Å². The van der Waals surface area contributed by atoms with E-state index in [1.165, 1.54) is 0 Å². The maximum absolute atomic E-state index is 8.64. The Kier molecular flexibility index (Phi) is 2.08. The Labute approximate surface area is 22.7 Å². The SMILES string of the molecule is [O][18O]C=O. The molecule has 0 unspecified atom stereocenters. The maximum Gasteiger partial charge on any atom is 0.334 e. The lowest BCUT2D eigenvalue weighted by Crippen LogP contribution is -1.66. The van der Waals surface area contributed by atoms with Gasteiger partial charge in [-0.1, -0.05) is 0 Å². The van der Waals surface area contributed by atoms with Crippen LogP contribution in [-0.4, -0.2) is 6.47 Å². The third-order valence-electron chi connectivity index (χ3n) is 0.0393. The predicted molar refractivity (Wildman–Crippen MR) is 7.84 cm³/mol. The Bertz CT molecular complexity index is 17.2. The Balaban J connectivity index is 2.30. The molecule has 3 nitrogen and oxygen atoms in total. The van der Waals surface area contributed by atoms with Gasteiger partial charge in [-0.15, -0.1) is 0 Å². The lowest BCUT2D eigenvalue weighted by molar-refractivity contribution is -0.264. The topological polar surface area (TPSA) is 46.2 Å². The van der Waals surface area contributed by atoms with E-state index < -0.39 is 0 Å². The van der Waals surface area contributed by atoms with E-state index in [2.05, 4.69) is 4.89 Å². The van der Waals surface area contributed by atoms with Crippen LogP contribution in [0.1, 0.15) is 0 Å². The van der Waals surface area contributed by atoms with Crippen molar-refractivity contribution < 1.29 is 14.9 Å². The van der Waals surface area contributed by atoms with Crippen molar-refractivity contribution in [3.8, 4) is 0 Å². The minimum absolute atomic E-state index is 0.181. The Morgan fingerprint density at radius 3 is 2.00 bits per heavy atom. The van der Waals surface area contributed by atoms with E-state index in [-0.39, 0.29) is 6.47 Å². The minimum atomic E-state index is -0.181. The van der Waals surface area contributed by atoms with Crippen LogP contribution < -0.4 is 0 Å². The summed E-state index contributed by atoms with van der Waals surface area (Å²) in [6.07, 6.45) is 0. The lowest BCUT2D eigenvalue weighted by Gasteiger charge is -1.56. The molecular formula is CHO3. The summed E-state index contributed by atoms with van der Waals surface area (Å²) in [6.45, 7) is -0.181. The predicted octanol–water partition coefficient (Wildman–Crippen LogP) is -0.495. The van der Waals surface area contributed by atoms with Crippen molar-refractivity contribution in [3.05, 3.63) is 0 Å². The molecule has 1 radical (unpaired) electrons. The normalized spacial score (nSPS) is 5.25. The minimum Gasteiger partial charge on any atom is -0.269 e. The molecule has 0 aliphatic rings. The first-order chi connectivity index (χ1) is 1.91. The maximum atomic E-state index is 8.64. The van der Waals surface area contributed by atoms with Gasteiger partial charge in [0.25, 0.3) is 0 Å². The number of hydrogen-bond donors (Lipinski definition) is 0. The molecule has 0 aromatic heterocycles. The van der Waals surface area contributed by atoms with E-state index in [0.29, 0.717) is 0 Å². The lowest BCUT2D eigenvalue weighted by atomic mass is 11.7. The van der Waals surface area contributed by atoms with Gasteiger partial charge < -0.3 is 0 Å². The molecule has 0 atom stereocenters. The highest BCUT2D eigenvalue weighted by Crippen LogP contribution is 1.37. The van der Waals surface area contributed by atoms with E-state index in [4.69, 9.17) is 10.1 Å². The third-order valence-corrected chi connectivity index (χ3v) is 0.0393. The van der Waals surface area contributed by atoms with Crippen molar-refractivity contribution in [2.45, 2.75) is 0 Å². The molecule has 0 aromatic rings. The average molecular weight is 63.0 g/mol. The van der Waals surface area contributed by atoms with Crippen molar-refractivity contribution in [3.63, 3.8) is 0 Å². The summed E-state index contributed by atoms with van der Waals surface area (Å²) in [5, 5.41) is 8.43. The van der Waals surface area contributed by atoms with Crippen LogP contribution in [0.2, 0.25) is 0 Å². The molecule has 3 heteroatoms. The third kappa shape index (κ3) is 1.43. The van der Waals surface area contributed by atoms with Gasteiger partial charge in [-0.05, 0) is 0 Å². The van der Waals surface area contributed by atoms with Gasteiger partial charge in [0.1, 0.15) is 0 Å². The molecule has 4 heavy (non-hydrogen) atoms. The fourth-order valence-electron chi connectivity index (χ4n) is 0. The zero-order chi connectivity index (χ0) is 3.41. The molecule has 0 rings (SSSR count). The smallest absolute Gasteiger partial charge is 0.269 e. The number of hydrogen-bond acceptors (Lipinski definition) is 2. The fourth-order valence-corrected chi connectivity index (χ4v) is 0. The Morgan fingerprint density at radius 1 is 1.75 bits per heavy atom. The van der Waals surface area contributed by atoms with E-state index >= 15 is 0 Å². The van der Waals surface area contributed by atoms with E-state index in [0.717, 1.165) is 0 Å². The molecule has 0 amide bonds. The molecule has 0 bridgehead atoms. The largest absolute Gasteiger partial charge is 0.334 e. The van der Waals surface area contributed by atoms with E-state index in [1.54, 1.807) is 0 Å². The molecule has 0 aliphatic heterocycles. The molecule has 0 spiro atoms. The standard InChI is InChI=1S/CHO3/c2-1-4-3/h1H/i4+2. The van der Waals surface area contributed by atoms with Crippen molar-refractivity contribution in [1.82, 2.24) is 0 Å². The highest BCUT2D eigenvalue weighted by atomic mass is 18.5. The molecule has 0 aliphatic carbocycles. The molecule has 23 valence electrons. The van der Waals surface area contributed by atoms with Crippen LogP contribution >= 0.6 is 0 Å². The molecule has 0 heterocycles. The second kappa shape index (κ2) is 2.43. The number of carbonyl (C=O) groups is 1. The first-order valence-electron chi connectivity index (χ1n) is 0.638. The zero-order valence-electron chi connectivity index (χ0n) is 1.80. The van der Waals surface area contributed by atoms with Crippen LogP contribution in [0, 0.1) is 0 Å². The number of rotatable bonds is 1. The molecule has 0 N–H and O–H groups in total. The highest BCUT2D eigenvalue weighted by molar-refractivity contribution is 5.35. The first-order valence-corrected chi connectivity index (χ1v) is 0.638. The van der Waals surface area contributed by atoms with E-state index in [1.807, 2.05) is 0 Å². The van der Waals surface area contributed by atoms with Gasteiger partial charge in [-0.25, -0.2) is 0 Å². The summed E-state index contributed by atoms with van der Waals surface area (Å²) in [5.41, 5.74) is 0. The molecule has 0 aromatic carbocycles. The molecule has 0 fully saturated rings. The Morgan fingerprint density at radius 2 is 2.00 bits per heavy atom. The van der Waals surface area contributed by atoms with Gasteiger partial charge in [-0.2, -0.15) is 0 Å². The van der Waals surface area contributed by atoms with Crippen molar-refractivity contribution in [2.75, 3.05) is 0 Å². The summed E-state index contributed by atoms with van der Waals surface area (Å²) >= 11 is 0. The number of carbonyl (C=O) groups excluding carboxylic acids is 1. The monoisotopic (exact) mass is 63.0 g/mol. The van der Waals surface area contributed by atoms with Gasteiger partial charge >= 0.3 is 6.47 Å². The van der Waals surface area contributed by atoms with E-state index in [9.17, 15) is 0 Å². The quantitative estimate of drug-likeness (QED) is 0.178. The average Bonchev–Trinajstić information content (AvgIpc) is 1.37. The van der Waals surface area contributed by atoms with Gasteiger partial charge in [0, 0.05) is 5.26 Å². The molecule has 0 saturated carbocycles. The van der Waals surface area contributed by atoms with Crippen molar-refractivity contribution in [1.29, 1.82) is 0 Å². The van der Waals surface area contributed by atoms with Gasteiger partial charge in [0.2, 0.25) is 0 Å². The molecule has 0 saturated heterocycles. The second-order valence-corrected chi connectivity index (χ2v) is 0.192. The highest BCUT2D eigenvalue weighted by Gasteiger charge is 1.52. The zero-order valence-corrected chi connectivity index (χ0v) is 1.80. The second-order valence-electron chi connectivity index (χ2n) is 0.192. The van der Waals surface area contributed by atoms with Crippen LogP contribution in [0.5, 0.6) is 0 Å². The van der Waals surface area contributed by atoms with Crippen LogP contribution in [-0.2, 0) is 14.9 Å². The van der Waals surface area contributed by atoms with Crippen molar-refractivity contribution >= 4 is 6.47 Å². The van der Waals surface area contributed by atoms with Crippen LogP contribution in [0.15, 0.2) is 0 Å². The summed E-state index contributed by atoms with van der Waals surface area (Å²) in [6, 6.07) is 0. The summed E-state index contributed by atoms with van der Waals surface area (Å²) < 4.78 is 0.